The maximum atomic E-state index is 11.5. The number of esters is 1. The van der Waals surface area contributed by atoms with Crippen LogP contribution >= 0.6 is 0 Å². The van der Waals surface area contributed by atoms with Crippen LogP contribution in [-0.2, 0) is 4.74 Å². The van der Waals surface area contributed by atoms with Crippen molar-refractivity contribution < 1.29 is 14.3 Å². The summed E-state index contributed by atoms with van der Waals surface area (Å²) >= 11 is 0. The first-order valence-electron chi connectivity index (χ1n) is 7.61. The molecular weight excluding hydrogens is 252 g/mol. The van der Waals surface area contributed by atoms with Crippen LogP contribution in [0.4, 0.5) is 0 Å². The van der Waals surface area contributed by atoms with Gasteiger partial charge in [0.1, 0.15) is 5.75 Å². The molecule has 3 heteroatoms. The highest BCUT2D eigenvalue weighted by molar-refractivity contribution is 5.89. The normalized spacial score (nSPS) is 11.9. The highest BCUT2D eigenvalue weighted by Crippen LogP contribution is 2.17. The molecule has 1 aromatic rings. The van der Waals surface area contributed by atoms with Gasteiger partial charge in [-0.2, -0.15) is 0 Å². The average molecular weight is 278 g/mol. The van der Waals surface area contributed by atoms with Gasteiger partial charge in [0.15, 0.2) is 0 Å². The van der Waals surface area contributed by atoms with Crippen LogP contribution in [0.3, 0.4) is 0 Å². The van der Waals surface area contributed by atoms with Gasteiger partial charge >= 0.3 is 5.97 Å². The molecule has 0 aliphatic carbocycles. The Kier molecular flexibility index (Phi) is 7.78. The topological polar surface area (TPSA) is 35.5 Å². The van der Waals surface area contributed by atoms with Crippen LogP contribution < -0.4 is 4.74 Å². The van der Waals surface area contributed by atoms with Crippen molar-refractivity contribution in [1.82, 2.24) is 0 Å². The quantitative estimate of drug-likeness (QED) is 0.489. The van der Waals surface area contributed by atoms with Crippen molar-refractivity contribution in [2.45, 2.75) is 59.0 Å². The summed E-state index contributed by atoms with van der Waals surface area (Å²) in [6, 6.07) is 7.15. The Morgan fingerprint density at radius 2 is 1.80 bits per heavy atom. The lowest BCUT2D eigenvalue weighted by Gasteiger charge is -2.14. The Hall–Kier alpha value is -1.51. The minimum absolute atomic E-state index is 0.209. The standard InChI is InChI=1S/C17H26O3/c1-4-6-7-8-9-14(3)20-16-12-10-15(11-13-16)17(18)19-5-2/h10-14H,4-9H2,1-3H3. The van der Waals surface area contributed by atoms with E-state index in [-0.39, 0.29) is 12.1 Å². The van der Waals surface area contributed by atoms with Crippen LogP contribution in [-0.4, -0.2) is 18.7 Å². The van der Waals surface area contributed by atoms with Gasteiger partial charge in [0.05, 0.1) is 18.3 Å². The Balaban J connectivity index is 2.38. The van der Waals surface area contributed by atoms with Crippen molar-refractivity contribution in [2.24, 2.45) is 0 Å². The van der Waals surface area contributed by atoms with E-state index in [1.54, 1.807) is 19.1 Å². The maximum absolute atomic E-state index is 11.5. The Morgan fingerprint density at radius 3 is 2.40 bits per heavy atom. The lowest BCUT2D eigenvalue weighted by atomic mass is 10.1. The molecule has 0 bridgehead atoms. The number of rotatable bonds is 9. The third-order valence-corrected chi connectivity index (χ3v) is 3.17. The maximum Gasteiger partial charge on any atom is 0.338 e. The highest BCUT2D eigenvalue weighted by Gasteiger charge is 2.07. The molecule has 0 saturated carbocycles. The molecule has 0 aromatic heterocycles. The van der Waals surface area contributed by atoms with Crippen molar-refractivity contribution in [2.75, 3.05) is 6.61 Å². The van der Waals surface area contributed by atoms with Gasteiger partial charge < -0.3 is 9.47 Å². The number of benzene rings is 1. The van der Waals surface area contributed by atoms with Gasteiger partial charge in [0.25, 0.3) is 0 Å². The van der Waals surface area contributed by atoms with E-state index in [9.17, 15) is 4.79 Å². The molecule has 0 fully saturated rings. The van der Waals surface area contributed by atoms with Crippen LogP contribution in [0.5, 0.6) is 5.75 Å². The zero-order chi connectivity index (χ0) is 14.8. The van der Waals surface area contributed by atoms with Crippen LogP contribution in [0, 0.1) is 0 Å². The van der Waals surface area contributed by atoms with Crippen LogP contribution in [0.1, 0.15) is 63.2 Å². The van der Waals surface area contributed by atoms with Gasteiger partial charge in [0.2, 0.25) is 0 Å². The predicted molar refractivity (Wildman–Crippen MR) is 81.2 cm³/mol. The molecule has 0 N–H and O–H groups in total. The van der Waals surface area contributed by atoms with Crippen molar-refractivity contribution in [3.8, 4) is 5.75 Å². The van der Waals surface area contributed by atoms with E-state index in [1.165, 1.54) is 25.7 Å². The molecule has 20 heavy (non-hydrogen) atoms. The van der Waals surface area contributed by atoms with E-state index >= 15 is 0 Å². The summed E-state index contributed by atoms with van der Waals surface area (Å²) in [5, 5.41) is 0. The van der Waals surface area contributed by atoms with Gasteiger partial charge in [-0.15, -0.1) is 0 Å². The summed E-state index contributed by atoms with van der Waals surface area (Å²) in [5.74, 6) is 0.521. The minimum Gasteiger partial charge on any atom is -0.491 e. The molecule has 0 spiro atoms. The van der Waals surface area contributed by atoms with Crippen molar-refractivity contribution >= 4 is 5.97 Å². The number of carbonyl (C=O) groups excluding carboxylic acids is 1. The fourth-order valence-corrected chi connectivity index (χ4v) is 2.03. The SMILES string of the molecule is CCCCCCC(C)Oc1ccc(C(=O)OCC)cc1. The van der Waals surface area contributed by atoms with Crippen LogP contribution in [0.2, 0.25) is 0 Å². The summed E-state index contributed by atoms with van der Waals surface area (Å²) in [6.45, 7) is 6.50. The largest absolute Gasteiger partial charge is 0.491 e. The van der Waals surface area contributed by atoms with E-state index in [4.69, 9.17) is 9.47 Å². The molecule has 3 nitrogen and oxygen atoms in total. The number of hydrogen-bond donors (Lipinski definition) is 0. The van der Waals surface area contributed by atoms with Gasteiger partial charge in [-0.25, -0.2) is 4.79 Å². The summed E-state index contributed by atoms with van der Waals surface area (Å²) in [4.78, 5) is 11.5. The Labute approximate surface area is 122 Å². The first-order valence-corrected chi connectivity index (χ1v) is 7.61. The molecule has 0 heterocycles. The first kappa shape index (κ1) is 16.5. The molecule has 112 valence electrons. The molecule has 1 rings (SSSR count). The van der Waals surface area contributed by atoms with E-state index in [2.05, 4.69) is 13.8 Å². The zero-order valence-corrected chi connectivity index (χ0v) is 12.9. The molecular formula is C17H26O3. The molecule has 0 saturated heterocycles. The average Bonchev–Trinajstić information content (AvgIpc) is 2.45. The Bertz CT molecular complexity index is 384. The molecule has 1 atom stereocenters. The molecule has 0 aliphatic rings. The number of hydrogen-bond acceptors (Lipinski definition) is 3. The molecule has 1 unspecified atom stereocenters. The van der Waals surface area contributed by atoms with E-state index in [1.807, 2.05) is 12.1 Å². The third-order valence-electron chi connectivity index (χ3n) is 3.17. The predicted octanol–water partition coefficient (Wildman–Crippen LogP) is 4.60. The zero-order valence-electron chi connectivity index (χ0n) is 12.9. The number of unbranched alkanes of at least 4 members (excludes halogenated alkanes) is 3. The van der Waals surface area contributed by atoms with Gasteiger partial charge in [-0.3, -0.25) is 0 Å². The molecule has 0 amide bonds. The summed E-state index contributed by atoms with van der Waals surface area (Å²) in [6.07, 6.45) is 6.30. The second-order valence-electron chi connectivity index (χ2n) is 5.02. The summed E-state index contributed by atoms with van der Waals surface area (Å²) in [5.41, 5.74) is 0.565. The lowest BCUT2D eigenvalue weighted by molar-refractivity contribution is 0.0526. The lowest BCUT2D eigenvalue weighted by Crippen LogP contribution is -2.11. The fraction of sp³-hybridized carbons (Fsp3) is 0.588. The monoisotopic (exact) mass is 278 g/mol. The highest BCUT2D eigenvalue weighted by atomic mass is 16.5. The van der Waals surface area contributed by atoms with Crippen molar-refractivity contribution in [3.05, 3.63) is 29.8 Å². The molecule has 1 aromatic carbocycles. The van der Waals surface area contributed by atoms with Gasteiger partial charge in [0, 0.05) is 0 Å². The van der Waals surface area contributed by atoms with Gasteiger partial charge in [-0.05, 0) is 51.0 Å². The second kappa shape index (κ2) is 9.40. The van der Waals surface area contributed by atoms with Gasteiger partial charge in [-0.1, -0.05) is 26.2 Å². The third kappa shape index (κ3) is 6.09. The molecule has 0 radical (unpaired) electrons. The van der Waals surface area contributed by atoms with E-state index in [0.717, 1.165) is 12.2 Å². The summed E-state index contributed by atoms with van der Waals surface area (Å²) in [7, 11) is 0. The fourth-order valence-electron chi connectivity index (χ4n) is 2.03. The van der Waals surface area contributed by atoms with Crippen LogP contribution in [0.25, 0.3) is 0 Å². The van der Waals surface area contributed by atoms with Crippen molar-refractivity contribution in [1.29, 1.82) is 0 Å². The number of ether oxygens (including phenoxy) is 2. The van der Waals surface area contributed by atoms with E-state index in [0.29, 0.717) is 12.2 Å². The second-order valence-corrected chi connectivity index (χ2v) is 5.02. The van der Waals surface area contributed by atoms with Crippen molar-refractivity contribution in [3.63, 3.8) is 0 Å². The molecule has 0 aliphatic heterocycles. The van der Waals surface area contributed by atoms with E-state index < -0.39 is 0 Å². The minimum atomic E-state index is -0.285. The summed E-state index contributed by atoms with van der Waals surface area (Å²) < 4.78 is 10.8. The number of carbonyl (C=O) groups is 1. The first-order chi connectivity index (χ1) is 9.67. The van der Waals surface area contributed by atoms with Crippen LogP contribution in [0.15, 0.2) is 24.3 Å². The smallest absolute Gasteiger partial charge is 0.338 e. The Morgan fingerprint density at radius 1 is 1.10 bits per heavy atom.